The van der Waals surface area contributed by atoms with Gasteiger partial charge in [0, 0.05) is 5.92 Å². The van der Waals surface area contributed by atoms with Crippen LogP contribution in [-0.2, 0) is 19.1 Å². The van der Waals surface area contributed by atoms with Crippen molar-refractivity contribution in [2.45, 2.75) is 25.7 Å². The molecule has 4 heteroatoms. The Morgan fingerprint density at radius 3 is 2.25 bits per heavy atom. The normalized spacial score (nSPS) is 20.7. The van der Waals surface area contributed by atoms with Crippen LogP contribution in [0, 0.1) is 11.8 Å². The fourth-order valence-corrected chi connectivity index (χ4v) is 2.19. The number of rotatable bonds is 3. The molecule has 1 aliphatic rings. The number of carbonyl (C=O) groups is 2. The van der Waals surface area contributed by atoms with Crippen molar-refractivity contribution < 1.29 is 19.1 Å². The van der Waals surface area contributed by atoms with Crippen molar-refractivity contribution in [3.05, 3.63) is 12.2 Å². The van der Waals surface area contributed by atoms with E-state index in [4.69, 9.17) is 0 Å². The molecule has 0 N–H and O–H groups in total. The summed E-state index contributed by atoms with van der Waals surface area (Å²) in [6.07, 6.45) is 3.75. The molecule has 4 nitrogen and oxygen atoms in total. The number of ether oxygens (including phenoxy) is 2. The van der Waals surface area contributed by atoms with Gasteiger partial charge >= 0.3 is 11.9 Å². The van der Waals surface area contributed by atoms with Gasteiger partial charge < -0.3 is 9.47 Å². The monoisotopic (exact) mass is 226 g/mol. The predicted octanol–water partition coefficient (Wildman–Crippen LogP) is 1.70. The summed E-state index contributed by atoms with van der Waals surface area (Å²) < 4.78 is 9.31. The smallest absolute Gasteiger partial charge is 0.320 e. The standard InChI is InChI=1S/C12H18O4/c1-8-6-4-5-7-9(8)10(11(13)15-2)12(14)16-3/h9-10H,1,4-7H2,2-3H3. The molecule has 1 saturated carbocycles. The number of carbonyl (C=O) groups excluding carboxylic acids is 2. The molecule has 0 radical (unpaired) electrons. The number of methoxy groups -OCH3 is 2. The van der Waals surface area contributed by atoms with E-state index in [1.807, 2.05) is 0 Å². The van der Waals surface area contributed by atoms with E-state index >= 15 is 0 Å². The highest BCUT2D eigenvalue weighted by Gasteiger charge is 2.38. The molecular formula is C12H18O4. The lowest BCUT2D eigenvalue weighted by Gasteiger charge is -2.28. The molecule has 0 spiro atoms. The van der Waals surface area contributed by atoms with Crippen LogP contribution in [0.25, 0.3) is 0 Å². The summed E-state index contributed by atoms with van der Waals surface area (Å²) in [5, 5.41) is 0. The van der Waals surface area contributed by atoms with Gasteiger partial charge in [-0.05, 0) is 19.3 Å². The second-order valence-corrected chi connectivity index (χ2v) is 4.03. The summed E-state index contributed by atoms with van der Waals surface area (Å²) in [5.74, 6) is -2.03. The van der Waals surface area contributed by atoms with Crippen LogP contribution in [0.3, 0.4) is 0 Å². The molecule has 1 aliphatic carbocycles. The van der Waals surface area contributed by atoms with E-state index in [0.717, 1.165) is 31.3 Å². The third-order valence-corrected chi connectivity index (χ3v) is 3.10. The molecule has 1 rings (SSSR count). The second kappa shape index (κ2) is 5.68. The van der Waals surface area contributed by atoms with Gasteiger partial charge in [-0.2, -0.15) is 0 Å². The highest BCUT2D eigenvalue weighted by molar-refractivity contribution is 5.95. The predicted molar refractivity (Wildman–Crippen MR) is 58.6 cm³/mol. The maximum atomic E-state index is 11.6. The molecule has 90 valence electrons. The maximum Gasteiger partial charge on any atom is 0.320 e. The Hall–Kier alpha value is -1.32. The van der Waals surface area contributed by atoms with Crippen molar-refractivity contribution in [3.63, 3.8) is 0 Å². The van der Waals surface area contributed by atoms with Crippen molar-refractivity contribution in [1.29, 1.82) is 0 Å². The molecule has 0 saturated heterocycles. The van der Waals surface area contributed by atoms with E-state index in [0.29, 0.717) is 0 Å². The third-order valence-electron chi connectivity index (χ3n) is 3.10. The maximum absolute atomic E-state index is 11.6. The summed E-state index contributed by atoms with van der Waals surface area (Å²) in [6.45, 7) is 3.93. The minimum absolute atomic E-state index is 0.131. The minimum Gasteiger partial charge on any atom is -0.468 e. The van der Waals surface area contributed by atoms with E-state index in [1.165, 1.54) is 14.2 Å². The van der Waals surface area contributed by atoms with Crippen LogP contribution < -0.4 is 0 Å². The highest BCUT2D eigenvalue weighted by Crippen LogP contribution is 2.34. The Kier molecular flexibility index (Phi) is 4.52. The van der Waals surface area contributed by atoms with E-state index < -0.39 is 17.9 Å². The molecule has 0 aliphatic heterocycles. The molecule has 0 aromatic rings. The van der Waals surface area contributed by atoms with Crippen LogP contribution in [0.1, 0.15) is 25.7 Å². The summed E-state index contributed by atoms with van der Waals surface area (Å²) in [6, 6.07) is 0. The van der Waals surface area contributed by atoms with Gasteiger partial charge in [0.1, 0.15) is 0 Å². The van der Waals surface area contributed by atoms with Gasteiger partial charge in [-0.3, -0.25) is 9.59 Å². The SMILES string of the molecule is C=C1CCCCC1C(C(=O)OC)C(=O)OC. The first-order chi connectivity index (χ1) is 7.61. The van der Waals surface area contributed by atoms with Crippen molar-refractivity contribution >= 4 is 11.9 Å². The zero-order valence-electron chi connectivity index (χ0n) is 9.82. The van der Waals surface area contributed by atoms with Gasteiger partial charge in [-0.1, -0.05) is 18.6 Å². The van der Waals surface area contributed by atoms with Gasteiger partial charge in [0.15, 0.2) is 5.92 Å². The van der Waals surface area contributed by atoms with Gasteiger partial charge in [0.05, 0.1) is 14.2 Å². The average Bonchev–Trinajstić information content (AvgIpc) is 2.31. The molecule has 1 atom stereocenters. The molecule has 1 fully saturated rings. The Balaban J connectivity index is 2.86. The molecule has 0 heterocycles. The van der Waals surface area contributed by atoms with Crippen molar-refractivity contribution in [3.8, 4) is 0 Å². The van der Waals surface area contributed by atoms with Gasteiger partial charge in [0.25, 0.3) is 0 Å². The van der Waals surface area contributed by atoms with Crippen molar-refractivity contribution in [1.82, 2.24) is 0 Å². The average molecular weight is 226 g/mol. The first-order valence-electron chi connectivity index (χ1n) is 5.45. The number of allylic oxidation sites excluding steroid dienone is 1. The lowest BCUT2D eigenvalue weighted by atomic mass is 9.77. The van der Waals surface area contributed by atoms with E-state index in [2.05, 4.69) is 16.1 Å². The number of hydrogen-bond acceptors (Lipinski definition) is 4. The summed E-state index contributed by atoms with van der Waals surface area (Å²) in [4.78, 5) is 23.2. The molecule has 0 aromatic carbocycles. The van der Waals surface area contributed by atoms with Crippen LogP contribution in [0.15, 0.2) is 12.2 Å². The van der Waals surface area contributed by atoms with E-state index in [-0.39, 0.29) is 5.92 Å². The third kappa shape index (κ3) is 2.62. The first kappa shape index (κ1) is 12.7. The van der Waals surface area contributed by atoms with Crippen LogP contribution in [0.5, 0.6) is 0 Å². The largest absolute Gasteiger partial charge is 0.468 e. The molecule has 1 unspecified atom stereocenters. The molecule has 16 heavy (non-hydrogen) atoms. The Labute approximate surface area is 95.6 Å². The second-order valence-electron chi connectivity index (χ2n) is 4.03. The number of hydrogen-bond donors (Lipinski definition) is 0. The highest BCUT2D eigenvalue weighted by atomic mass is 16.5. The van der Waals surface area contributed by atoms with Gasteiger partial charge in [-0.15, -0.1) is 0 Å². The zero-order valence-corrected chi connectivity index (χ0v) is 9.82. The Bertz CT molecular complexity index is 279. The lowest BCUT2D eigenvalue weighted by Crippen LogP contribution is -2.35. The zero-order chi connectivity index (χ0) is 12.1. The number of esters is 2. The summed E-state index contributed by atoms with van der Waals surface area (Å²) in [7, 11) is 2.56. The van der Waals surface area contributed by atoms with E-state index in [1.54, 1.807) is 0 Å². The lowest BCUT2D eigenvalue weighted by molar-refractivity contribution is -0.161. The Morgan fingerprint density at radius 1 is 1.25 bits per heavy atom. The minimum atomic E-state index is -0.845. The Morgan fingerprint density at radius 2 is 1.81 bits per heavy atom. The molecule has 0 amide bonds. The first-order valence-corrected chi connectivity index (χ1v) is 5.45. The van der Waals surface area contributed by atoms with Gasteiger partial charge in [-0.25, -0.2) is 0 Å². The van der Waals surface area contributed by atoms with E-state index in [9.17, 15) is 9.59 Å². The molecule has 0 bridgehead atoms. The fraction of sp³-hybridized carbons (Fsp3) is 0.667. The van der Waals surface area contributed by atoms with Crippen LogP contribution >= 0.6 is 0 Å². The molecule has 0 aromatic heterocycles. The molecular weight excluding hydrogens is 208 g/mol. The quantitative estimate of drug-likeness (QED) is 0.417. The van der Waals surface area contributed by atoms with Crippen LogP contribution in [0.4, 0.5) is 0 Å². The van der Waals surface area contributed by atoms with Gasteiger partial charge in [0.2, 0.25) is 0 Å². The van der Waals surface area contributed by atoms with Crippen LogP contribution in [-0.4, -0.2) is 26.2 Å². The van der Waals surface area contributed by atoms with Crippen molar-refractivity contribution in [2.24, 2.45) is 11.8 Å². The van der Waals surface area contributed by atoms with Crippen molar-refractivity contribution in [2.75, 3.05) is 14.2 Å². The summed E-state index contributed by atoms with van der Waals surface area (Å²) in [5.41, 5.74) is 0.951. The topological polar surface area (TPSA) is 52.6 Å². The fourth-order valence-electron chi connectivity index (χ4n) is 2.19. The van der Waals surface area contributed by atoms with Crippen LogP contribution in [0.2, 0.25) is 0 Å². The summed E-state index contributed by atoms with van der Waals surface area (Å²) >= 11 is 0.